The fourth-order valence-corrected chi connectivity index (χ4v) is 3.65. The number of oxazole rings is 1. The minimum Gasteiger partial charge on any atom is -0.408 e. The molecule has 0 saturated heterocycles. The molecule has 1 unspecified atom stereocenters. The Labute approximate surface area is 145 Å². The molecule has 3 aromatic rings. The van der Waals surface area contributed by atoms with Crippen LogP contribution in [0.15, 0.2) is 51.7 Å². The molecule has 1 aliphatic heterocycles. The molecule has 2 heterocycles. The largest absolute Gasteiger partial charge is 0.419 e. The summed E-state index contributed by atoms with van der Waals surface area (Å²) in [5, 5.41) is 0. The van der Waals surface area contributed by atoms with Gasteiger partial charge in [-0.05, 0) is 49.1 Å². The molecule has 0 fully saturated rings. The Morgan fingerprint density at radius 1 is 1.24 bits per heavy atom. The van der Waals surface area contributed by atoms with Gasteiger partial charge in [0.05, 0.1) is 5.52 Å². The fraction of sp³-hybridized carbons (Fsp3) is 0.300. The van der Waals surface area contributed by atoms with E-state index in [1.54, 1.807) is 13.1 Å². The highest BCUT2D eigenvalue weighted by atomic mass is 16.4. The van der Waals surface area contributed by atoms with Gasteiger partial charge in [-0.1, -0.05) is 24.3 Å². The van der Waals surface area contributed by atoms with Crippen molar-refractivity contribution in [3.63, 3.8) is 0 Å². The average Bonchev–Trinajstić information content (AvgIpc) is 3.09. The third-order valence-electron chi connectivity index (χ3n) is 4.96. The molecule has 0 N–H and O–H groups in total. The molecule has 1 amide bonds. The molecule has 5 heteroatoms. The molecule has 2 aromatic carbocycles. The third-order valence-corrected chi connectivity index (χ3v) is 4.96. The topological polar surface area (TPSA) is 55.5 Å². The van der Waals surface area contributed by atoms with Crippen LogP contribution in [-0.4, -0.2) is 16.5 Å². The molecule has 4 rings (SSSR count). The van der Waals surface area contributed by atoms with Crippen LogP contribution in [0.2, 0.25) is 0 Å². The molecular formula is C20H20N2O3. The van der Waals surface area contributed by atoms with E-state index in [1.165, 1.54) is 10.1 Å². The maximum Gasteiger partial charge on any atom is 0.419 e. The Morgan fingerprint density at radius 3 is 2.88 bits per heavy atom. The first-order chi connectivity index (χ1) is 12.0. The van der Waals surface area contributed by atoms with Crippen molar-refractivity contribution < 1.29 is 9.21 Å². The second-order valence-electron chi connectivity index (χ2n) is 6.67. The summed E-state index contributed by atoms with van der Waals surface area (Å²) in [5.41, 5.74) is 4.63. The third kappa shape index (κ3) is 2.65. The predicted octanol–water partition coefficient (Wildman–Crippen LogP) is 3.04. The van der Waals surface area contributed by atoms with Gasteiger partial charge in [-0.15, -0.1) is 0 Å². The normalized spacial score (nSPS) is 16.4. The highest BCUT2D eigenvalue weighted by Gasteiger charge is 2.29. The van der Waals surface area contributed by atoms with Gasteiger partial charge in [-0.25, -0.2) is 4.79 Å². The fourth-order valence-electron chi connectivity index (χ4n) is 3.65. The zero-order chi connectivity index (χ0) is 17.6. The standard InChI is InChI=1S/C20H20N2O3/c1-13-11-15-5-3-4-6-16(15)22(13)19(23)10-8-14-7-9-18-17(12-14)21(2)20(24)25-18/h3-7,9,12-13H,8,10-11H2,1-2H3. The van der Waals surface area contributed by atoms with Crippen LogP contribution in [0.4, 0.5) is 5.69 Å². The molecule has 5 nitrogen and oxygen atoms in total. The molecular weight excluding hydrogens is 316 g/mol. The van der Waals surface area contributed by atoms with Gasteiger partial charge in [0.25, 0.3) is 0 Å². The molecule has 1 aliphatic rings. The number of rotatable bonds is 3. The number of benzene rings is 2. The van der Waals surface area contributed by atoms with Gasteiger partial charge in [0.1, 0.15) is 0 Å². The monoisotopic (exact) mass is 336 g/mol. The average molecular weight is 336 g/mol. The number of hydrogen-bond acceptors (Lipinski definition) is 3. The van der Waals surface area contributed by atoms with Gasteiger partial charge in [0, 0.05) is 25.2 Å². The van der Waals surface area contributed by atoms with E-state index >= 15 is 0 Å². The van der Waals surface area contributed by atoms with Crippen molar-refractivity contribution in [2.45, 2.75) is 32.2 Å². The molecule has 25 heavy (non-hydrogen) atoms. The van der Waals surface area contributed by atoms with Crippen LogP contribution in [-0.2, 0) is 24.7 Å². The maximum atomic E-state index is 12.8. The number of aromatic nitrogens is 1. The first kappa shape index (κ1) is 15.7. The van der Waals surface area contributed by atoms with Crippen LogP contribution in [0, 0.1) is 0 Å². The van der Waals surface area contributed by atoms with E-state index in [9.17, 15) is 9.59 Å². The molecule has 0 radical (unpaired) electrons. The molecule has 0 saturated carbocycles. The lowest BCUT2D eigenvalue weighted by atomic mass is 10.1. The zero-order valence-corrected chi connectivity index (χ0v) is 14.4. The van der Waals surface area contributed by atoms with Gasteiger partial charge in [0.2, 0.25) is 5.91 Å². The van der Waals surface area contributed by atoms with Gasteiger partial charge < -0.3 is 9.32 Å². The van der Waals surface area contributed by atoms with Crippen LogP contribution in [0.25, 0.3) is 11.1 Å². The zero-order valence-electron chi connectivity index (χ0n) is 14.4. The van der Waals surface area contributed by atoms with Crippen LogP contribution in [0.1, 0.15) is 24.5 Å². The van der Waals surface area contributed by atoms with Crippen molar-refractivity contribution in [3.05, 3.63) is 64.1 Å². The van der Waals surface area contributed by atoms with E-state index < -0.39 is 0 Å². The molecule has 0 bridgehead atoms. The number of para-hydroxylation sites is 1. The molecule has 0 aliphatic carbocycles. The smallest absolute Gasteiger partial charge is 0.408 e. The predicted molar refractivity (Wildman–Crippen MR) is 96.9 cm³/mol. The van der Waals surface area contributed by atoms with E-state index in [1.807, 2.05) is 35.2 Å². The summed E-state index contributed by atoms with van der Waals surface area (Å²) in [4.78, 5) is 26.3. The van der Waals surface area contributed by atoms with Crippen molar-refractivity contribution in [2.24, 2.45) is 7.05 Å². The number of fused-ring (bicyclic) bond motifs is 2. The first-order valence-corrected chi connectivity index (χ1v) is 8.53. The van der Waals surface area contributed by atoms with Crippen molar-refractivity contribution in [2.75, 3.05) is 4.90 Å². The second-order valence-corrected chi connectivity index (χ2v) is 6.67. The summed E-state index contributed by atoms with van der Waals surface area (Å²) in [6.07, 6.45) is 1.99. The summed E-state index contributed by atoms with van der Waals surface area (Å²) in [5.74, 6) is -0.232. The highest BCUT2D eigenvalue weighted by Crippen LogP contribution is 2.32. The highest BCUT2D eigenvalue weighted by molar-refractivity contribution is 5.96. The molecule has 1 aromatic heterocycles. The van der Waals surface area contributed by atoms with Gasteiger partial charge in [-0.2, -0.15) is 0 Å². The summed E-state index contributed by atoms with van der Waals surface area (Å²) in [6, 6.07) is 13.9. The van der Waals surface area contributed by atoms with E-state index in [-0.39, 0.29) is 17.7 Å². The number of amides is 1. The lowest BCUT2D eigenvalue weighted by Crippen LogP contribution is -2.35. The van der Waals surface area contributed by atoms with E-state index in [2.05, 4.69) is 13.0 Å². The van der Waals surface area contributed by atoms with E-state index in [4.69, 9.17) is 4.42 Å². The first-order valence-electron chi connectivity index (χ1n) is 8.53. The number of hydrogen-bond donors (Lipinski definition) is 0. The molecule has 0 spiro atoms. The Morgan fingerprint density at radius 2 is 2.04 bits per heavy atom. The van der Waals surface area contributed by atoms with E-state index in [0.29, 0.717) is 18.4 Å². The van der Waals surface area contributed by atoms with Gasteiger partial charge in [-0.3, -0.25) is 9.36 Å². The number of carbonyl (C=O) groups excluding carboxylic acids is 1. The van der Waals surface area contributed by atoms with Crippen LogP contribution in [0.3, 0.4) is 0 Å². The van der Waals surface area contributed by atoms with Crippen LogP contribution >= 0.6 is 0 Å². The van der Waals surface area contributed by atoms with Gasteiger partial charge in [0.15, 0.2) is 5.58 Å². The van der Waals surface area contributed by atoms with Crippen molar-refractivity contribution in [1.82, 2.24) is 4.57 Å². The van der Waals surface area contributed by atoms with Crippen LogP contribution < -0.4 is 10.7 Å². The maximum absolute atomic E-state index is 12.8. The van der Waals surface area contributed by atoms with Crippen molar-refractivity contribution >= 4 is 22.7 Å². The summed E-state index contributed by atoms with van der Waals surface area (Å²) in [6.45, 7) is 2.09. The summed E-state index contributed by atoms with van der Waals surface area (Å²) < 4.78 is 6.63. The van der Waals surface area contributed by atoms with Crippen molar-refractivity contribution in [3.8, 4) is 0 Å². The number of anilines is 1. The van der Waals surface area contributed by atoms with Crippen LogP contribution in [0.5, 0.6) is 0 Å². The minimum atomic E-state index is -0.370. The second kappa shape index (κ2) is 5.92. The quantitative estimate of drug-likeness (QED) is 0.739. The Bertz CT molecular complexity index is 1020. The Hall–Kier alpha value is -2.82. The lowest BCUT2D eigenvalue weighted by Gasteiger charge is -2.22. The van der Waals surface area contributed by atoms with Crippen molar-refractivity contribution in [1.29, 1.82) is 0 Å². The SMILES string of the molecule is CC1Cc2ccccc2N1C(=O)CCc1ccc2oc(=O)n(C)c2c1. The Balaban J connectivity index is 1.52. The minimum absolute atomic E-state index is 0.138. The Kier molecular flexibility index (Phi) is 3.71. The number of aryl methyl sites for hydroxylation is 2. The number of carbonyl (C=O) groups is 1. The summed E-state index contributed by atoms with van der Waals surface area (Å²) in [7, 11) is 1.69. The summed E-state index contributed by atoms with van der Waals surface area (Å²) >= 11 is 0. The molecule has 128 valence electrons. The van der Waals surface area contributed by atoms with E-state index in [0.717, 1.165) is 23.2 Å². The van der Waals surface area contributed by atoms with Gasteiger partial charge >= 0.3 is 5.76 Å². The molecule has 1 atom stereocenters. The number of nitrogens with zero attached hydrogens (tertiary/aromatic N) is 2. The lowest BCUT2D eigenvalue weighted by molar-refractivity contribution is -0.118.